The van der Waals surface area contributed by atoms with Crippen LogP contribution in [-0.2, 0) is 21.3 Å². The smallest absolute Gasteiger partial charge is 0.167 e. The molecule has 0 aliphatic heterocycles. The van der Waals surface area contributed by atoms with Crippen molar-refractivity contribution in [2.45, 2.75) is 11.5 Å². The van der Waals surface area contributed by atoms with Crippen LogP contribution in [0.5, 0.6) is 0 Å². The summed E-state index contributed by atoms with van der Waals surface area (Å²) in [6.07, 6.45) is 0. The SMILES string of the molecule is O=S(=O)(Cc1ccc(Cl)cc1)Cc1cc(-c2ccccc2)on1. The molecule has 0 radical (unpaired) electrons. The molecule has 118 valence electrons. The average Bonchev–Trinajstić information content (AvgIpc) is 2.98. The van der Waals surface area contributed by atoms with Crippen LogP contribution in [0.15, 0.2) is 65.2 Å². The highest BCUT2D eigenvalue weighted by Crippen LogP contribution is 2.21. The third-order valence-electron chi connectivity index (χ3n) is 3.28. The molecule has 0 aliphatic rings. The van der Waals surface area contributed by atoms with E-state index in [4.69, 9.17) is 16.1 Å². The van der Waals surface area contributed by atoms with Gasteiger partial charge < -0.3 is 4.52 Å². The van der Waals surface area contributed by atoms with Gasteiger partial charge in [0.25, 0.3) is 0 Å². The van der Waals surface area contributed by atoms with Crippen molar-refractivity contribution in [2.75, 3.05) is 0 Å². The molecule has 1 heterocycles. The summed E-state index contributed by atoms with van der Waals surface area (Å²) in [6, 6.07) is 17.9. The van der Waals surface area contributed by atoms with Crippen LogP contribution in [0.25, 0.3) is 11.3 Å². The Labute approximate surface area is 139 Å². The molecule has 0 atom stereocenters. The zero-order valence-electron chi connectivity index (χ0n) is 12.1. The van der Waals surface area contributed by atoms with Gasteiger partial charge in [-0.25, -0.2) is 8.42 Å². The maximum atomic E-state index is 12.3. The van der Waals surface area contributed by atoms with Gasteiger partial charge >= 0.3 is 0 Å². The fraction of sp³-hybridized carbons (Fsp3) is 0.118. The van der Waals surface area contributed by atoms with Crippen molar-refractivity contribution in [3.8, 4) is 11.3 Å². The van der Waals surface area contributed by atoms with Crippen molar-refractivity contribution >= 4 is 21.4 Å². The lowest BCUT2D eigenvalue weighted by Crippen LogP contribution is -2.07. The van der Waals surface area contributed by atoms with Crippen LogP contribution in [-0.4, -0.2) is 13.6 Å². The maximum absolute atomic E-state index is 12.3. The summed E-state index contributed by atoms with van der Waals surface area (Å²) >= 11 is 5.80. The molecule has 0 saturated heterocycles. The summed E-state index contributed by atoms with van der Waals surface area (Å²) in [5.41, 5.74) is 1.96. The molecule has 0 N–H and O–H groups in total. The standard InChI is InChI=1S/C17H14ClNO3S/c18-15-8-6-13(7-9-15)11-23(20,21)12-16-10-17(22-19-16)14-4-2-1-3-5-14/h1-10H,11-12H2. The molecule has 23 heavy (non-hydrogen) atoms. The topological polar surface area (TPSA) is 60.2 Å². The normalized spacial score (nSPS) is 11.5. The number of benzene rings is 2. The van der Waals surface area contributed by atoms with Crippen LogP contribution in [0.2, 0.25) is 5.02 Å². The van der Waals surface area contributed by atoms with Gasteiger partial charge in [-0.15, -0.1) is 0 Å². The second-order valence-electron chi connectivity index (χ2n) is 5.21. The van der Waals surface area contributed by atoms with Crippen LogP contribution in [0, 0.1) is 0 Å². The van der Waals surface area contributed by atoms with Gasteiger partial charge in [-0.3, -0.25) is 0 Å². The largest absolute Gasteiger partial charge is 0.356 e. The van der Waals surface area contributed by atoms with E-state index >= 15 is 0 Å². The highest BCUT2D eigenvalue weighted by molar-refractivity contribution is 7.89. The van der Waals surface area contributed by atoms with E-state index in [0.29, 0.717) is 22.0 Å². The molecule has 2 aromatic carbocycles. The fourth-order valence-electron chi connectivity index (χ4n) is 2.23. The Morgan fingerprint density at radius 3 is 2.35 bits per heavy atom. The van der Waals surface area contributed by atoms with Crippen LogP contribution in [0.1, 0.15) is 11.3 Å². The van der Waals surface area contributed by atoms with Crippen LogP contribution < -0.4 is 0 Å². The Bertz CT molecular complexity index is 887. The van der Waals surface area contributed by atoms with E-state index in [0.717, 1.165) is 5.56 Å². The molecule has 0 fully saturated rings. The maximum Gasteiger partial charge on any atom is 0.167 e. The quantitative estimate of drug-likeness (QED) is 0.696. The number of rotatable bonds is 5. The first-order valence-corrected chi connectivity index (χ1v) is 9.18. The minimum absolute atomic E-state index is 0.0578. The molecule has 4 nitrogen and oxygen atoms in total. The monoisotopic (exact) mass is 347 g/mol. The number of hydrogen-bond acceptors (Lipinski definition) is 4. The van der Waals surface area contributed by atoms with Crippen molar-refractivity contribution in [3.63, 3.8) is 0 Å². The first-order valence-electron chi connectivity index (χ1n) is 6.98. The zero-order valence-corrected chi connectivity index (χ0v) is 13.7. The van der Waals surface area contributed by atoms with E-state index in [-0.39, 0.29) is 11.5 Å². The van der Waals surface area contributed by atoms with Crippen molar-refractivity contribution in [1.82, 2.24) is 5.16 Å². The lowest BCUT2D eigenvalue weighted by Gasteiger charge is -2.02. The fourth-order valence-corrected chi connectivity index (χ4v) is 3.74. The second kappa shape index (κ2) is 6.56. The highest BCUT2D eigenvalue weighted by Gasteiger charge is 2.17. The molecule has 0 spiro atoms. The van der Waals surface area contributed by atoms with E-state index in [1.807, 2.05) is 30.3 Å². The summed E-state index contributed by atoms with van der Waals surface area (Å²) in [5.74, 6) is 0.339. The molecular formula is C17H14ClNO3S. The van der Waals surface area contributed by atoms with E-state index < -0.39 is 9.84 Å². The van der Waals surface area contributed by atoms with E-state index in [1.165, 1.54) is 0 Å². The number of nitrogens with zero attached hydrogens (tertiary/aromatic N) is 1. The number of hydrogen-bond donors (Lipinski definition) is 0. The molecule has 6 heteroatoms. The molecule has 1 aromatic heterocycles. The van der Waals surface area contributed by atoms with E-state index in [9.17, 15) is 8.42 Å². The summed E-state index contributed by atoms with van der Waals surface area (Å²) < 4.78 is 29.8. The van der Waals surface area contributed by atoms with Crippen molar-refractivity contribution < 1.29 is 12.9 Å². The predicted molar refractivity (Wildman–Crippen MR) is 89.7 cm³/mol. The minimum Gasteiger partial charge on any atom is -0.356 e. The van der Waals surface area contributed by atoms with Gasteiger partial charge in [-0.05, 0) is 17.7 Å². The molecule has 0 amide bonds. The van der Waals surface area contributed by atoms with Gasteiger partial charge in [0.15, 0.2) is 15.6 Å². The van der Waals surface area contributed by atoms with Crippen LogP contribution in [0.4, 0.5) is 0 Å². The van der Waals surface area contributed by atoms with Gasteiger partial charge in [0.1, 0.15) is 0 Å². The first-order chi connectivity index (χ1) is 11.0. The number of aromatic nitrogens is 1. The van der Waals surface area contributed by atoms with Gasteiger partial charge in [-0.2, -0.15) is 0 Å². The third-order valence-corrected chi connectivity index (χ3v) is 5.05. The Balaban J connectivity index is 1.73. The lowest BCUT2D eigenvalue weighted by molar-refractivity contribution is 0.425. The van der Waals surface area contributed by atoms with E-state index in [1.54, 1.807) is 30.3 Å². The van der Waals surface area contributed by atoms with Crippen molar-refractivity contribution in [1.29, 1.82) is 0 Å². The van der Waals surface area contributed by atoms with E-state index in [2.05, 4.69) is 5.16 Å². The predicted octanol–water partition coefficient (Wildman–Crippen LogP) is 4.11. The number of sulfone groups is 1. The Morgan fingerprint density at radius 1 is 0.957 bits per heavy atom. The molecule has 3 rings (SSSR count). The minimum atomic E-state index is -3.33. The lowest BCUT2D eigenvalue weighted by atomic mass is 10.2. The molecule has 0 bridgehead atoms. The van der Waals surface area contributed by atoms with Gasteiger partial charge in [0, 0.05) is 16.7 Å². The van der Waals surface area contributed by atoms with Crippen molar-refractivity contribution in [2.24, 2.45) is 0 Å². The first kappa shape index (κ1) is 15.8. The Hall–Kier alpha value is -2.11. The molecule has 0 aliphatic carbocycles. The highest BCUT2D eigenvalue weighted by atomic mass is 35.5. The zero-order chi connectivity index (χ0) is 16.3. The second-order valence-corrected chi connectivity index (χ2v) is 7.71. The van der Waals surface area contributed by atoms with Crippen molar-refractivity contribution in [3.05, 3.63) is 76.9 Å². The molecule has 3 aromatic rings. The van der Waals surface area contributed by atoms with Gasteiger partial charge in [0.2, 0.25) is 0 Å². The summed E-state index contributed by atoms with van der Waals surface area (Å²) in [4.78, 5) is 0. The Kier molecular flexibility index (Phi) is 4.50. The summed E-state index contributed by atoms with van der Waals surface area (Å²) in [5, 5.41) is 4.44. The molecule has 0 unspecified atom stereocenters. The number of halogens is 1. The third kappa shape index (κ3) is 4.21. The Morgan fingerprint density at radius 2 is 1.65 bits per heavy atom. The molecular weight excluding hydrogens is 334 g/mol. The summed E-state index contributed by atoms with van der Waals surface area (Å²) in [6.45, 7) is 0. The van der Waals surface area contributed by atoms with Crippen LogP contribution >= 0.6 is 11.6 Å². The summed E-state index contributed by atoms with van der Waals surface area (Å²) in [7, 11) is -3.33. The molecule has 0 saturated carbocycles. The average molecular weight is 348 g/mol. The van der Waals surface area contributed by atoms with Gasteiger partial charge in [-0.1, -0.05) is 59.2 Å². The van der Waals surface area contributed by atoms with Crippen LogP contribution in [0.3, 0.4) is 0 Å². The van der Waals surface area contributed by atoms with Gasteiger partial charge in [0.05, 0.1) is 17.2 Å².